The van der Waals surface area contributed by atoms with Gasteiger partial charge in [-0.3, -0.25) is 9.36 Å². The van der Waals surface area contributed by atoms with Gasteiger partial charge in [0, 0.05) is 54.0 Å². The van der Waals surface area contributed by atoms with Gasteiger partial charge in [-0.05, 0) is 64.1 Å². The van der Waals surface area contributed by atoms with Gasteiger partial charge in [-0.25, -0.2) is 9.37 Å². The normalized spacial score (nSPS) is 34.9. The molecule has 1 fully saturated rings. The van der Waals surface area contributed by atoms with E-state index in [9.17, 15) is 14.3 Å². The third kappa shape index (κ3) is 3.78. The van der Waals surface area contributed by atoms with Gasteiger partial charge in [0.25, 0.3) is 5.56 Å². The molecule has 0 saturated carbocycles. The molecule has 2 aromatic heterocycles. The van der Waals surface area contributed by atoms with E-state index in [2.05, 4.69) is 10.1 Å². The smallest absolute Gasteiger partial charge is 0.257 e. The maximum absolute atomic E-state index is 13.7. The highest BCUT2D eigenvalue weighted by atomic mass is 19.1. The first-order valence-corrected chi connectivity index (χ1v) is 9.90. The van der Waals surface area contributed by atoms with Crippen LogP contribution in [0.2, 0.25) is 0 Å². The molecule has 1 aromatic carbocycles. The van der Waals surface area contributed by atoms with Crippen LogP contribution in [0, 0.1) is 12.7 Å². The Morgan fingerprint density at radius 1 is 1.39 bits per heavy atom. The first kappa shape index (κ1) is 11.9. The summed E-state index contributed by atoms with van der Waals surface area (Å²) in [6, 6.07) is 2.91. The van der Waals surface area contributed by atoms with Crippen LogP contribution < -0.4 is 5.56 Å². The second-order valence-corrected chi connectivity index (χ2v) is 7.43. The van der Waals surface area contributed by atoms with Gasteiger partial charge in [0.05, 0.1) is 7.06 Å². The standard InChI is InChI=1S/C23H27FN4O3/c1-14-17(23(30)28-9-2-3-19(29)22(28)25-14)8-12-27-10-6-15(7-11-27)21-18-5-4-16(24)13-20(18)31-26-21/h4-5,13,15,19,29H,2-3,6-12H2,1H3/i6D2,7D2,10D2,11D2,15D,19D. The lowest BCUT2D eigenvalue weighted by Crippen LogP contribution is -2.37. The average molecular weight is 437 g/mol. The molecule has 7 nitrogen and oxygen atoms in total. The number of rotatable bonds is 4. The van der Waals surface area contributed by atoms with Crippen LogP contribution in [0.3, 0.4) is 0 Å². The molecule has 5 rings (SSSR count). The summed E-state index contributed by atoms with van der Waals surface area (Å²) in [4.78, 5) is 17.8. The maximum atomic E-state index is 13.7. The summed E-state index contributed by atoms with van der Waals surface area (Å²) in [6.45, 7) is -5.77. The predicted octanol–water partition coefficient (Wildman–Crippen LogP) is 3.08. The molecule has 1 N–H and O–H groups in total. The number of piperidine rings is 1. The van der Waals surface area contributed by atoms with Crippen molar-refractivity contribution in [2.45, 2.75) is 57.5 Å². The summed E-state index contributed by atoms with van der Waals surface area (Å²) in [5, 5.41) is 13.8. The Labute approximate surface area is 193 Å². The van der Waals surface area contributed by atoms with Crippen molar-refractivity contribution in [2.75, 3.05) is 19.5 Å². The van der Waals surface area contributed by atoms with Crippen molar-refractivity contribution in [1.82, 2.24) is 19.6 Å². The zero-order valence-electron chi connectivity index (χ0n) is 26.7. The van der Waals surface area contributed by atoms with Crippen molar-refractivity contribution in [3.8, 4) is 0 Å². The topological polar surface area (TPSA) is 84.4 Å². The molecule has 0 amide bonds. The zero-order chi connectivity index (χ0) is 30.6. The molecule has 164 valence electrons. The second-order valence-electron chi connectivity index (χ2n) is 7.43. The van der Waals surface area contributed by atoms with Gasteiger partial charge in [0.15, 0.2) is 5.58 Å². The molecular formula is C23H27FN4O3. The fourth-order valence-electron chi connectivity index (χ4n) is 3.78. The largest absolute Gasteiger partial charge is 0.385 e. The molecular weight excluding hydrogens is 399 g/mol. The number of nitrogens with zero attached hydrogens (tertiary/aromatic N) is 4. The Morgan fingerprint density at radius 3 is 3.00 bits per heavy atom. The van der Waals surface area contributed by atoms with Crippen molar-refractivity contribution in [3.63, 3.8) is 0 Å². The predicted molar refractivity (Wildman–Crippen MR) is 114 cm³/mol. The first-order chi connectivity index (χ1) is 18.7. The molecule has 0 bridgehead atoms. The van der Waals surface area contributed by atoms with Gasteiger partial charge >= 0.3 is 0 Å². The summed E-state index contributed by atoms with van der Waals surface area (Å²) in [5.74, 6) is -4.22. The number of likely N-dealkylation sites (tertiary alicyclic amines) is 1. The first-order valence-electron chi connectivity index (χ1n) is 14.9. The number of fused-ring (bicyclic) bond motifs is 2. The minimum absolute atomic E-state index is 0.00593. The van der Waals surface area contributed by atoms with E-state index in [0.717, 1.165) is 22.8 Å². The summed E-state index contributed by atoms with van der Waals surface area (Å²) in [5.41, 5.74) is -1.50. The van der Waals surface area contributed by atoms with Gasteiger partial charge in [-0.1, -0.05) is 5.16 Å². The molecule has 8 heteroatoms. The van der Waals surface area contributed by atoms with Crippen molar-refractivity contribution in [3.05, 3.63) is 57.1 Å². The van der Waals surface area contributed by atoms with E-state index in [1.807, 2.05) is 0 Å². The summed E-state index contributed by atoms with van der Waals surface area (Å²) >= 11 is 0. The number of benzene rings is 1. The monoisotopic (exact) mass is 436 g/mol. The fraction of sp³-hybridized carbons (Fsp3) is 0.522. The van der Waals surface area contributed by atoms with Crippen molar-refractivity contribution in [2.24, 2.45) is 0 Å². The summed E-state index contributed by atoms with van der Waals surface area (Å²) in [6.07, 6.45) is -9.02. The van der Waals surface area contributed by atoms with Crippen LogP contribution >= 0.6 is 0 Å². The van der Waals surface area contributed by atoms with E-state index in [1.54, 1.807) is 0 Å². The van der Waals surface area contributed by atoms with Gasteiger partial charge in [-0.15, -0.1) is 0 Å². The van der Waals surface area contributed by atoms with Gasteiger partial charge in [-0.2, -0.15) is 0 Å². The Morgan fingerprint density at radius 2 is 2.19 bits per heavy atom. The lowest BCUT2D eigenvalue weighted by Gasteiger charge is -2.31. The highest BCUT2D eigenvalue weighted by molar-refractivity contribution is 5.79. The number of aromatic nitrogens is 3. The van der Waals surface area contributed by atoms with E-state index < -0.39 is 61.3 Å². The van der Waals surface area contributed by atoms with E-state index in [1.165, 1.54) is 6.92 Å². The molecule has 4 heterocycles. The lowest BCUT2D eigenvalue weighted by atomic mass is 9.91. The number of aliphatic hydroxyl groups is 1. The van der Waals surface area contributed by atoms with E-state index in [0.29, 0.717) is 11.3 Å². The zero-order valence-corrected chi connectivity index (χ0v) is 16.7. The molecule has 2 aliphatic heterocycles. The molecule has 2 aliphatic rings. The quantitative estimate of drug-likeness (QED) is 0.677. The fourth-order valence-corrected chi connectivity index (χ4v) is 3.78. The molecule has 1 saturated heterocycles. The van der Waals surface area contributed by atoms with Crippen LogP contribution in [0.15, 0.2) is 27.5 Å². The van der Waals surface area contributed by atoms with Crippen molar-refractivity contribution >= 4 is 11.0 Å². The lowest BCUT2D eigenvalue weighted by molar-refractivity contribution is 0.129. The van der Waals surface area contributed by atoms with Crippen LogP contribution in [-0.2, 0) is 13.0 Å². The van der Waals surface area contributed by atoms with Gasteiger partial charge in [0.1, 0.15) is 17.7 Å². The molecule has 31 heavy (non-hydrogen) atoms. The van der Waals surface area contributed by atoms with Crippen LogP contribution in [-0.4, -0.2) is 44.3 Å². The van der Waals surface area contributed by atoms with Crippen LogP contribution in [0.5, 0.6) is 0 Å². The Hall–Kier alpha value is -2.58. The molecule has 0 radical (unpaired) electrons. The molecule has 0 spiro atoms. The number of halogens is 1. The average Bonchev–Trinajstić information content (AvgIpc) is 3.28. The molecule has 3 aromatic rings. The Balaban J connectivity index is 1.59. The number of hydrogen-bond donors (Lipinski definition) is 1. The van der Waals surface area contributed by atoms with E-state index in [-0.39, 0.29) is 47.4 Å². The SMILES string of the molecule is [2H]C1(O)CCCn2c1nc(C)c(CCN1C([2H])([2H])C([2H])([2H])C([2H])(c3noc4cc(F)ccc34)C([2H])([2H])C1([2H])[2H])c2=O. The Bertz CT molecular complexity index is 1580. The highest BCUT2D eigenvalue weighted by Gasteiger charge is 2.26. The molecule has 0 aliphatic carbocycles. The minimum atomic E-state index is -3.48. The van der Waals surface area contributed by atoms with Crippen molar-refractivity contribution < 1.29 is 27.7 Å². The maximum Gasteiger partial charge on any atom is 0.257 e. The summed E-state index contributed by atoms with van der Waals surface area (Å²) in [7, 11) is 0. The van der Waals surface area contributed by atoms with Crippen LogP contribution in [0.4, 0.5) is 4.39 Å². The van der Waals surface area contributed by atoms with E-state index >= 15 is 0 Å². The van der Waals surface area contributed by atoms with Crippen LogP contribution in [0.1, 0.15) is 74.0 Å². The Kier molecular flexibility index (Phi) is 3.13. The second kappa shape index (κ2) is 8.16. The number of aryl methyl sites for hydroxylation is 1. The summed E-state index contributed by atoms with van der Waals surface area (Å²) < 4.78 is 107. The third-order valence-electron chi connectivity index (χ3n) is 5.41. The van der Waals surface area contributed by atoms with Gasteiger partial charge < -0.3 is 14.5 Å². The third-order valence-corrected chi connectivity index (χ3v) is 5.41. The molecule has 1 unspecified atom stereocenters. The van der Waals surface area contributed by atoms with E-state index in [4.69, 9.17) is 18.2 Å². The van der Waals surface area contributed by atoms with Gasteiger partial charge in [0.2, 0.25) is 0 Å². The number of hydrogen-bond acceptors (Lipinski definition) is 6. The molecule has 1 atom stereocenters. The minimum Gasteiger partial charge on any atom is -0.385 e. The van der Waals surface area contributed by atoms with Crippen LogP contribution in [0.25, 0.3) is 11.0 Å². The highest BCUT2D eigenvalue weighted by Crippen LogP contribution is 2.32. The van der Waals surface area contributed by atoms with Crippen molar-refractivity contribution in [1.29, 1.82) is 0 Å².